The maximum Gasteiger partial charge on any atom is 0.293 e. The van der Waals surface area contributed by atoms with Crippen LogP contribution in [0.3, 0.4) is 0 Å². The van der Waals surface area contributed by atoms with Gasteiger partial charge in [0.1, 0.15) is 5.75 Å². The molecule has 1 aliphatic heterocycles. The molecule has 0 radical (unpaired) electrons. The highest BCUT2D eigenvalue weighted by Gasteiger charge is 2.35. The fourth-order valence-corrected chi connectivity index (χ4v) is 4.64. The normalized spacial score (nSPS) is 14.5. The first kappa shape index (κ1) is 24.9. The highest BCUT2D eigenvalue weighted by Crippen LogP contribution is 2.34. The Kier molecular flexibility index (Phi) is 7.80. The summed E-state index contributed by atoms with van der Waals surface area (Å²) in [6, 6.07) is 19.3. The van der Waals surface area contributed by atoms with Crippen LogP contribution < -0.4 is 10.1 Å². The number of rotatable bonds is 7. The van der Waals surface area contributed by atoms with E-state index in [1.54, 1.807) is 48.5 Å². The summed E-state index contributed by atoms with van der Waals surface area (Å²) in [4.78, 5) is 38.8. The molecule has 0 aromatic heterocycles. The van der Waals surface area contributed by atoms with Crippen molar-refractivity contribution in [3.05, 3.63) is 98.4 Å². The lowest BCUT2D eigenvalue weighted by molar-refractivity contribution is -0.123. The van der Waals surface area contributed by atoms with Gasteiger partial charge in [0.15, 0.2) is 6.61 Å². The Morgan fingerprint density at radius 1 is 1.06 bits per heavy atom. The van der Waals surface area contributed by atoms with Gasteiger partial charge in [-0.15, -0.1) is 0 Å². The van der Waals surface area contributed by atoms with Crippen LogP contribution in [0.1, 0.15) is 16.7 Å². The predicted molar refractivity (Wildman–Crippen MR) is 140 cm³/mol. The molecule has 0 bridgehead atoms. The summed E-state index contributed by atoms with van der Waals surface area (Å²) >= 11 is 13.0. The first-order valence-corrected chi connectivity index (χ1v) is 12.1. The van der Waals surface area contributed by atoms with Gasteiger partial charge in [-0.1, -0.05) is 53.5 Å². The summed E-state index contributed by atoms with van der Waals surface area (Å²) in [5.74, 6) is -0.152. The lowest BCUT2D eigenvalue weighted by Gasteiger charge is -2.13. The third kappa shape index (κ3) is 6.45. The van der Waals surface area contributed by atoms with Crippen molar-refractivity contribution in [3.8, 4) is 5.75 Å². The van der Waals surface area contributed by atoms with Crippen LogP contribution >= 0.6 is 35.0 Å². The smallest absolute Gasteiger partial charge is 0.293 e. The lowest BCUT2D eigenvalue weighted by atomic mass is 10.2. The molecular formula is C26H20Cl2N2O4S. The fraction of sp³-hybridized carbons (Fsp3) is 0.115. The largest absolute Gasteiger partial charge is 0.484 e. The van der Waals surface area contributed by atoms with E-state index >= 15 is 0 Å². The summed E-state index contributed by atoms with van der Waals surface area (Å²) in [6.45, 7) is 1.87. The molecule has 9 heteroatoms. The molecule has 0 unspecified atom stereocenters. The summed E-state index contributed by atoms with van der Waals surface area (Å²) in [6.07, 6.45) is 1.64. The van der Waals surface area contributed by atoms with E-state index in [-0.39, 0.29) is 30.2 Å². The average Bonchev–Trinajstić information content (AvgIpc) is 3.07. The molecule has 4 rings (SSSR count). The molecule has 1 saturated heterocycles. The molecule has 3 aromatic rings. The molecule has 178 valence electrons. The monoisotopic (exact) mass is 526 g/mol. The van der Waals surface area contributed by atoms with Crippen LogP contribution in [0.4, 0.5) is 10.5 Å². The quantitative estimate of drug-likeness (QED) is 0.353. The van der Waals surface area contributed by atoms with Gasteiger partial charge in [0.25, 0.3) is 17.1 Å². The van der Waals surface area contributed by atoms with E-state index in [4.69, 9.17) is 27.9 Å². The van der Waals surface area contributed by atoms with E-state index < -0.39 is 0 Å². The molecule has 1 aliphatic rings. The summed E-state index contributed by atoms with van der Waals surface area (Å²) in [5.41, 5.74) is 3.11. The van der Waals surface area contributed by atoms with Crippen molar-refractivity contribution in [1.82, 2.24) is 4.90 Å². The van der Waals surface area contributed by atoms with Gasteiger partial charge in [-0.3, -0.25) is 19.3 Å². The standard InChI is InChI=1S/C26H20Cl2N2O4S/c1-16-3-2-4-20(11-16)29-24(31)15-34-21-9-5-17(6-10-21)12-23-25(32)30(26(33)35-23)14-18-7-8-19(27)13-22(18)28/h2-13H,14-15H2,1H3,(H,29,31)/b23-12+. The average molecular weight is 527 g/mol. The number of thioether (sulfide) groups is 1. The number of benzene rings is 3. The number of hydrogen-bond donors (Lipinski definition) is 1. The Labute approximate surface area is 216 Å². The Morgan fingerprint density at radius 3 is 2.54 bits per heavy atom. The molecule has 1 heterocycles. The fourth-order valence-electron chi connectivity index (χ4n) is 3.34. The minimum absolute atomic E-state index is 0.0649. The zero-order valence-electron chi connectivity index (χ0n) is 18.6. The highest BCUT2D eigenvalue weighted by molar-refractivity contribution is 8.18. The molecule has 0 spiro atoms. The molecule has 0 atom stereocenters. The minimum atomic E-state index is -0.390. The van der Waals surface area contributed by atoms with Gasteiger partial charge in [-0.25, -0.2) is 0 Å². The van der Waals surface area contributed by atoms with Gasteiger partial charge >= 0.3 is 0 Å². The number of ether oxygens (including phenoxy) is 1. The van der Waals surface area contributed by atoms with Crippen molar-refractivity contribution in [3.63, 3.8) is 0 Å². The van der Waals surface area contributed by atoms with Gasteiger partial charge in [-0.2, -0.15) is 0 Å². The van der Waals surface area contributed by atoms with Crippen molar-refractivity contribution < 1.29 is 19.1 Å². The van der Waals surface area contributed by atoms with Crippen LogP contribution in [-0.2, 0) is 16.1 Å². The Bertz CT molecular complexity index is 1330. The Hall–Kier alpha value is -3.26. The molecular weight excluding hydrogens is 507 g/mol. The molecule has 1 N–H and O–H groups in total. The summed E-state index contributed by atoms with van der Waals surface area (Å²) in [7, 11) is 0. The number of imide groups is 1. The molecule has 0 saturated carbocycles. The van der Waals surface area contributed by atoms with Crippen molar-refractivity contribution in [1.29, 1.82) is 0 Å². The van der Waals surface area contributed by atoms with E-state index in [2.05, 4.69) is 5.32 Å². The third-order valence-corrected chi connectivity index (χ3v) is 6.56. The van der Waals surface area contributed by atoms with Crippen LogP contribution in [0.2, 0.25) is 10.0 Å². The van der Waals surface area contributed by atoms with Gasteiger partial charge in [0.2, 0.25) is 0 Å². The Morgan fingerprint density at radius 2 is 1.83 bits per heavy atom. The van der Waals surface area contributed by atoms with Gasteiger partial charge in [-0.05, 0) is 77.9 Å². The number of nitrogens with zero attached hydrogens (tertiary/aromatic N) is 1. The van der Waals surface area contributed by atoms with Crippen molar-refractivity contribution in [2.45, 2.75) is 13.5 Å². The van der Waals surface area contributed by atoms with E-state index in [9.17, 15) is 14.4 Å². The highest BCUT2D eigenvalue weighted by atomic mass is 35.5. The van der Waals surface area contributed by atoms with E-state index in [1.165, 1.54) is 0 Å². The first-order chi connectivity index (χ1) is 16.8. The summed E-state index contributed by atoms with van der Waals surface area (Å²) in [5, 5.41) is 3.29. The predicted octanol–water partition coefficient (Wildman–Crippen LogP) is 6.56. The maximum absolute atomic E-state index is 12.8. The number of nitrogens with one attached hydrogen (secondary N) is 1. The number of anilines is 1. The van der Waals surface area contributed by atoms with Crippen LogP contribution in [0.25, 0.3) is 6.08 Å². The van der Waals surface area contributed by atoms with Crippen LogP contribution in [0.15, 0.2) is 71.6 Å². The second kappa shape index (κ2) is 11.0. The van der Waals surface area contributed by atoms with Crippen LogP contribution in [-0.4, -0.2) is 28.6 Å². The molecule has 0 aliphatic carbocycles. The van der Waals surface area contributed by atoms with Crippen LogP contribution in [0.5, 0.6) is 5.75 Å². The molecule has 35 heavy (non-hydrogen) atoms. The second-order valence-electron chi connectivity index (χ2n) is 7.78. The SMILES string of the molecule is Cc1cccc(NC(=O)COc2ccc(/C=C3/SC(=O)N(Cc4ccc(Cl)cc4Cl)C3=O)cc2)c1. The zero-order chi connectivity index (χ0) is 24.9. The van der Waals surface area contributed by atoms with Gasteiger partial charge in [0, 0.05) is 15.7 Å². The lowest BCUT2D eigenvalue weighted by Crippen LogP contribution is -2.27. The molecule has 1 fully saturated rings. The van der Waals surface area contributed by atoms with Gasteiger partial charge < -0.3 is 10.1 Å². The van der Waals surface area contributed by atoms with Crippen molar-refractivity contribution in [2.24, 2.45) is 0 Å². The van der Waals surface area contributed by atoms with E-state index in [0.29, 0.717) is 32.0 Å². The topological polar surface area (TPSA) is 75.7 Å². The zero-order valence-corrected chi connectivity index (χ0v) is 20.9. The minimum Gasteiger partial charge on any atom is -0.484 e. The second-order valence-corrected chi connectivity index (χ2v) is 9.62. The number of halogens is 2. The van der Waals surface area contributed by atoms with Crippen molar-refractivity contribution >= 4 is 63.8 Å². The first-order valence-electron chi connectivity index (χ1n) is 10.6. The molecule has 3 amide bonds. The van der Waals surface area contributed by atoms with E-state index in [1.807, 2.05) is 31.2 Å². The van der Waals surface area contributed by atoms with Gasteiger partial charge in [0.05, 0.1) is 11.4 Å². The number of hydrogen-bond acceptors (Lipinski definition) is 5. The number of amides is 3. The molecule has 6 nitrogen and oxygen atoms in total. The molecule has 3 aromatic carbocycles. The van der Waals surface area contributed by atoms with Crippen molar-refractivity contribution in [2.75, 3.05) is 11.9 Å². The number of carbonyl (C=O) groups excluding carboxylic acids is 3. The number of aryl methyl sites for hydroxylation is 1. The van der Waals surface area contributed by atoms with Crippen LogP contribution in [0, 0.1) is 6.92 Å². The third-order valence-electron chi connectivity index (χ3n) is 5.07. The maximum atomic E-state index is 12.8. The number of carbonyl (C=O) groups is 3. The Balaban J connectivity index is 1.35. The van der Waals surface area contributed by atoms with E-state index in [0.717, 1.165) is 27.8 Å². The summed E-state index contributed by atoms with van der Waals surface area (Å²) < 4.78 is 5.55.